The second-order valence-electron chi connectivity index (χ2n) is 2.03. The van der Waals surface area contributed by atoms with E-state index in [4.69, 9.17) is 4.74 Å². The lowest BCUT2D eigenvalue weighted by Crippen LogP contribution is -2.26. The van der Waals surface area contributed by atoms with Gasteiger partial charge in [-0.3, -0.25) is 4.79 Å². The van der Waals surface area contributed by atoms with Gasteiger partial charge < -0.3 is 14.6 Å². The highest BCUT2D eigenvalue weighted by Crippen LogP contribution is 1.92. The molecule has 0 aromatic carbocycles. The van der Waals surface area contributed by atoms with Crippen molar-refractivity contribution in [2.75, 3.05) is 13.3 Å². The Balaban J connectivity index is 2.30. The van der Waals surface area contributed by atoms with Gasteiger partial charge in [-0.25, -0.2) is 0 Å². The number of amides is 1. The van der Waals surface area contributed by atoms with Crippen LogP contribution in [0.4, 0.5) is 0 Å². The zero-order chi connectivity index (χ0) is 8.81. The third-order valence-electron chi connectivity index (χ3n) is 1.21. The molecule has 1 amide bonds. The predicted molar refractivity (Wildman–Crippen MR) is 40.5 cm³/mol. The zero-order valence-electron chi connectivity index (χ0n) is 6.74. The molecule has 1 aromatic heterocycles. The minimum atomic E-state index is -0.294. The summed E-state index contributed by atoms with van der Waals surface area (Å²) in [6.07, 6.45) is 1.34. The second-order valence-corrected chi connectivity index (χ2v) is 2.03. The van der Waals surface area contributed by atoms with E-state index in [9.17, 15) is 4.79 Å². The summed E-state index contributed by atoms with van der Waals surface area (Å²) >= 11 is 0. The molecule has 0 radical (unpaired) electrons. The van der Waals surface area contributed by atoms with Crippen LogP contribution in [0.2, 0.25) is 0 Å². The molecule has 1 heterocycles. The number of rotatable bonds is 4. The Hall–Kier alpha value is -1.36. The second kappa shape index (κ2) is 4.50. The molecule has 1 aromatic rings. The number of carbonyl (C=O) groups excluding carboxylic acids is 1. The smallest absolute Gasteiger partial charge is 0.275 e. The lowest BCUT2D eigenvalue weighted by atomic mass is 10.4. The van der Waals surface area contributed by atoms with Crippen molar-refractivity contribution in [1.82, 2.24) is 10.5 Å². The molecule has 0 fully saturated rings. The highest BCUT2D eigenvalue weighted by molar-refractivity contribution is 5.91. The maximum absolute atomic E-state index is 11.1. The summed E-state index contributed by atoms with van der Waals surface area (Å²) < 4.78 is 9.40. The van der Waals surface area contributed by atoms with E-state index < -0.39 is 0 Å². The molecule has 0 unspecified atom stereocenters. The van der Waals surface area contributed by atoms with Crippen LogP contribution < -0.4 is 5.32 Å². The van der Waals surface area contributed by atoms with Crippen molar-refractivity contribution in [2.24, 2.45) is 0 Å². The van der Waals surface area contributed by atoms with Crippen LogP contribution in [0.15, 0.2) is 16.9 Å². The van der Waals surface area contributed by atoms with Crippen LogP contribution in [-0.2, 0) is 4.74 Å². The summed E-state index contributed by atoms with van der Waals surface area (Å²) in [6.45, 7) is 2.61. The normalized spacial score (nSPS) is 9.75. The average molecular weight is 170 g/mol. The monoisotopic (exact) mass is 170 g/mol. The van der Waals surface area contributed by atoms with E-state index in [2.05, 4.69) is 15.0 Å². The molecule has 5 heteroatoms. The standard InChI is InChI=1S/C7H10N2O3/c1-2-11-5-8-7(10)6-3-4-12-9-6/h3-4H,2,5H2,1H3,(H,8,10). The van der Waals surface area contributed by atoms with Gasteiger partial charge in [-0.05, 0) is 6.92 Å². The van der Waals surface area contributed by atoms with Crippen molar-refractivity contribution in [3.8, 4) is 0 Å². The van der Waals surface area contributed by atoms with E-state index in [0.717, 1.165) is 0 Å². The van der Waals surface area contributed by atoms with Gasteiger partial charge in [-0.2, -0.15) is 0 Å². The average Bonchev–Trinajstić information content (AvgIpc) is 2.56. The first kappa shape index (κ1) is 8.73. The first-order valence-electron chi connectivity index (χ1n) is 3.61. The van der Waals surface area contributed by atoms with Crippen molar-refractivity contribution in [3.05, 3.63) is 18.0 Å². The van der Waals surface area contributed by atoms with Crippen molar-refractivity contribution >= 4 is 5.91 Å². The van der Waals surface area contributed by atoms with E-state index in [1.807, 2.05) is 6.92 Å². The molecule has 0 atom stereocenters. The Morgan fingerprint density at radius 1 is 1.83 bits per heavy atom. The van der Waals surface area contributed by atoms with Gasteiger partial charge in [-0.15, -0.1) is 0 Å². The van der Waals surface area contributed by atoms with Crippen molar-refractivity contribution in [1.29, 1.82) is 0 Å². The molecule has 0 aliphatic carbocycles. The van der Waals surface area contributed by atoms with E-state index >= 15 is 0 Å². The highest BCUT2D eigenvalue weighted by atomic mass is 16.5. The van der Waals surface area contributed by atoms with Gasteiger partial charge in [0.25, 0.3) is 5.91 Å². The van der Waals surface area contributed by atoms with E-state index in [-0.39, 0.29) is 18.3 Å². The molecule has 5 nitrogen and oxygen atoms in total. The molecule has 0 saturated heterocycles. The first-order valence-corrected chi connectivity index (χ1v) is 3.61. The quantitative estimate of drug-likeness (QED) is 0.524. The minimum Gasteiger partial charge on any atom is -0.364 e. The number of hydrogen-bond donors (Lipinski definition) is 1. The summed E-state index contributed by atoms with van der Waals surface area (Å²) in [7, 11) is 0. The molecule has 66 valence electrons. The highest BCUT2D eigenvalue weighted by Gasteiger charge is 2.06. The van der Waals surface area contributed by atoms with Gasteiger partial charge in [0.1, 0.15) is 13.0 Å². The topological polar surface area (TPSA) is 64.4 Å². The van der Waals surface area contributed by atoms with Crippen molar-refractivity contribution < 1.29 is 14.1 Å². The number of nitrogens with zero attached hydrogens (tertiary/aromatic N) is 1. The minimum absolute atomic E-state index is 0.197. The summed E-state index contributed by atoms with van der Waals surface area (Å²) in [4.78, 5) is 11.1. The Morgan fingerprint density at radius 3 is 3.25 bits per heavy atom. The largest absolute Gasteiger partial charge is 0.364 e. The van der Waals surface area contributed by atoms with Gasteiger partial charge in [0.2, 0.25) is 0 Å². The van der Waals surface area contributed by atoms with Crippen LogP contribution in [0.3, 0.4) is 0 Å². The Kier molecular flexibility index (Phi) is 3.28. The van der Waals surface area contributed by atoms with Crippen LogP contribution in [0.5, 0.6) is 0 Å². The summed E-state index contributed by atoms with van der Waals surface area (Å²) in [5.41, 5.74) is 0.259. The number of ether oxygens (including phenoxy) is 1. The predicted octanol–water partition coefficient (Wildman–Crippen LogP) is 0.398. The van der Waals surface area contributed by atoms with E-state index in [0.29, 0.717) is 6.61 Å². The fourth-order valence-electron chi connectivity index (χ4n) is 0.639. The van der Waals surface area contributed by atoms with Crippen LogP contribution >= 0.6 is 0 Å². The number of hydrogen-bond acceptors (Lipinski definition) is 4. The van der Waals surface area contributed by atoms with Crippen LogP contribution in [-0.4, -0.2) is 24.4 Å². The molecule has 0 aliphatic heterocycles. The number of carbonyl (C=O) groups is 1. The Bertz CT molecular complexity index is 233. The lowest BCUT2D eigenvalue weighted by Gasteiger charge is -2.00. The lowest BCUT2D eigenvalue weighted by molar-refractivity contribution is 0.0808. The number of aromatic nitrogens is 1. The third kappa shape index (κ3) is 2.35. The molecule has 0 saturated carbocycles. The number of nitrogens with one attached hydrogen (secondary N) is 1. The van der Waals surface area contributed by atoms with Crippen molar-refractivity contribution in [3.63, 3.8) is 0 Å². The zero-order valence-corrected chi connectivity index (χ0v) is 6.74. The van der Waals surface area contributed by atoms with Crippen molar-refractivity contribution in [2.45, 2.75) is 6.92 Å². The Morgan fingerprint density at radius 2 is 2.67 bits per heavy atom. The van der Waals surface area contributed by atoms with Crippen LogP contribution in [0.1, 0.15) is 17.4 Å². The fourth-order valence-corrected chi connectivity index (χ4v) is 0.639. The molecule has 0 spiro atoms. The van der Waals surface area contributed by atoms with Gasteiger partial charge in [0.15, 0.2) is 5.69 Å². The molecular formula is C7H10N2O3. The Labute approximate surface area is 69.7 Å². The van der Waals surface area contributed by atoms with E-state index in [1.54, 1.807) is 0 Å². The molecule has 0 aliphatic rings. The first-order chi connectivity index (χ1) is 5.84. The van der Waals surface area contributed by atoms with Crippen LogP contribution in [0, 0.1) is 0 Å². The molecule has 12 heavy (non-hydrogen) atoms. The molecule has 1 N–H and O–H groups in total. The van der Waals surface area contributed by atoms with E-state index in [1.165, 1.54) is 12.3 Å². The third-order valence-corrected chi connectivity index (χ3v) is 1.21. The molecule has 1 rings (SSSR count). The summed E-state index contributed by atoms with van der Waals surface area (Å²) in [5, 5.41) is 5.95. The fraction of sp³-hybridized carbons (Fsp3) is 0.429. The molecular weight excluding hydrogens is 160 g/mol. The van der Waals surface area contributed by atoms with Gasteiger partial charge in [0, 0.05) is 12.7 Å². The molecule has 0 bridgehead atoms. The SMILES string of the molecule is CCOCNC(=O)c1ccon1. The maximum atomic E-state index is 11.1. The van der Waals surface area contributed by atoms with Crippen LogP contribution in [0.25, 0.3) is 0 Å². The van der Waals surface area contributed by atoms with Gasteiger partial charge >= 0.3 is 0 Å². The van der Waals surface area contributed by atoms with Gasteiger partial charge in [0.05, 0.1) is 0 Å². The van der Waals surface area contributed by atoms with Gasteiger partial charge in [-0.1, -0.05) is 5.16 Å². The summed E-state index contributed by atoms with van der Waals surface area (Å²) in [6, 6.07) is 1.49. The summed E-state index contributed by atoms with van der Waals surface area (Å²) in [5.74, 6) is -0.294. The maximum Gasteiger partial charge on any atom is 0.275 e.